The second-order valence-electron chi connectivity index (χ2n) is 4.30. The van der Waals surface area contributed by atoms with Gasteiger partial charge >= 0.3 is 0 Å². The van der Waals surface area contributed by atoms with Crippen LogP contribution in [-0.4, -0.2) is 7.11 Å². The first kappa shape index (κ1) is 11.1. The van der Waals surface area contributed by atoms with E-state index in [2.05, 4.69) is 11.8 Å². The number of benzene rings is 1. The van der Waals surface area contributed by atoms with E-state index >= 15 is 0 Å². The van der Waals surface area contributed by atoms with Crippen molar-refractivity contribution < 1.29 is 4.74 Å². The third kappa shape index (κ3) is 2.79. The molecule has 1 saturated carbocycles. The summed E-state index contributed by atoms with van der Waals surface area (Å²) in [5.41, 5.74) is 1.01. The molecule has 2 rings (SSSR count). The van der Waals surface area contributed by atoms with Crippen LogP contribution in [0.25, 0.3) is 0 Å². The summed E-state index contributed by atoms with van der Waals surface area (Å²) in [4.78, 5) is 0. The Hall–Kier alpha value is -1.42. The van der Waals surface area contributed by atoms with Crippen molar-refractivity contribution in [3.63, 3.8) is 0 Å². The minimum absolute atomic E-state index is 0.596. The first-order chi connectivity index (χ1) is 7.90. The number of rotatable bonds is 1. The maximum Gasteiger partial charge on any atom is 0.134 e. The van der Waals surface area contributed by atoms with Gasteiger partial charge in [0.25, 0.3) is 0 Å². The Morgan fingerprint density at radius 2 is 1.88 bits per heavy atom. The van der Waals surface area contributed by atoms with Crippen LogP contribution in [0.15, 0.2) is 24.3 Å². The highest BCUT2D eigenvalue weighted by atomic mass is 16.5. The van der Waals surface area contributed by atoms with Crippen molar-refractivity contribution in [2.24, 2.45) is 5.92 Å². The predicted octanol–water partition coefficient (Wildman–Crippen LogP) is 3.63. The molecule has 1 nitrogen and oxygen atoms in total. The van der Waals surface area contributed by atoms with Crippen molar-refractivity contribution in [1.82, 2.24) is 0 Å². The third-order valence-electron chi connectivity index (χ3n) is 3.12. The van der Waals surface area contributed by atoms with Gasteiger partial charge in [0.1, 0.15) is 5.75 Å². The Morgan fingerprint density at radius 1 is 1.12 bits per heavy atom. The van der Waals surface area contributed by atoms with E-state index in [0.29, 0.717) is 5.92 Å². The fraction of sp³-hybridized carbons (Fsp3) is 0.467. The van der Waals surface area contributed by atoms with Crippen LogP contribution >= 0.6 is 0 Å². The summed E-state index contributed by atoms with van der Waals surface area (Å²) in [6.07, 6.45) is 6.59. The maximum atomic E-state index is 5.28. The number of ether oxygens (including phenoxy) is 1. The van der Waals surface area contributed by atoms with E-state index in [1.807, 2.05) is 24.3 Å². The topological polar surface area (TPSA) is 9.23 Å². The molecule has 0 heterocycles. The molecule has 84 valence electrons. The number of methoxy groups -OCH3 is 1. The average Bonchev–Trinajstić information content (AvgIpc) is 2.38. The molecular weight excluding hydrogens is 196 g/mol. The summed E-state index contributed by atoms with van der Waals surface area (Å²) in [7, 11) is 1.70. The lowest BCUT2D eigenvalue weighted by Gasteiger charge is -2.15. The zero-order valence-electron chi connectivity index (χ0n) is 9.83. The van der Waals surface area contributed by atoms with E-state index in [9.17, 15) is 0 Å². The molecule has 1 aromatic rings. The van der Waals surface area contributed by atoms with Gasteiger partial charge in [0, 0.05) is 5.92 Å². The third-order valence-corrected chi connectivity index (χ3v) is 3.12. The van der Waals surface area contributed by atoms with E-state index in [1.54, 1.807) is 7.11 Å². The van der Waals surface area contributed by atoms with E-state index in [0.717, 1.165) is 11.3 Å². The second kappa shape index (κ2) is 5.61. The zero-order valence-corrected chi connectivity index (χ0v) is 9.83. The van der Waals surface area contributed by atoms with Crippen molar-refractivity contribution in [3.8, 4) is 17.6 Å². The van der Waals surface area contributed by atoms with Gasteiger partial charge in [-0.05, 0) is 25.0 Å². The van der Waals surface area contributed by atoms with Gasteiger partial charge in [-0.2, -0.15) is 0 Å². The largest absolute Gasteiger partial charge is 0.495 e. The molecule has 0 N–H and O–H groups in total. The molecule has 1 aliphatic carbocycles. The van der Waals surface area contributed by atoms with Crippen LogP contribution < -0.4 is 4.74 Å². The summed E-state index contributed by atoms with van der Waals surface area (Å²) in [5, 5.41) is 0. The second-order valence-corrected chi connectivity index (χ2v) is 4.30. The van der Waals surface area contributed by atoms with Crippen LogP contribution in [0.3, 0.4) is 0 Å². The van der Waals surface area contributed by atoms with Gasteiger partial charge in [-0.15, -0.1) is 0 Å². The SMILES string of the molecule is COc1ccccc1C#CC1CCCCC1. The lowest BCUT2D eigenvalue weighted by Crippen LogP contribution is -2.03. The minimum Gasteiger partial charge on any atom is -0.495 e. The molecule has 0 atom stereocenters. The normalized spacial score (nSPS) is 16.3. The average molecular weight is 214 g/mol. The highest BCUT2D eigenvalue weighted by Crippen LogP contribution is 2.23. The Kier molecular flexibility index (Phi) is 3.88. The van der Waals surface area contributed by atoms with Crippen molar-refractivity contribution in [2.75, 3.05) is 7.11 Å². The van der Waals surface area contributed by atoms with Crippen LogP contribution in [0.2, 0.25) is 0 Å². The van der Waals surface area contributed by atoms with E-state index < -0.39 is 0 Å². The lowest BCUT2D eigenvalue weighted by atomic mass is 9.89. The van der Waals surface area contributed by atoms with Crippen molar-refractivity contribution in [3.05, 3.63) is 29.8 Å². The number of hydrogen-bond acceptors (Lipinski definition) is 1. The van der Waals surface area contributed by atoms with Gasteiger partial charge in [0.05, 0.1) is 12.7 Å². The first-order valence-corrected chi connectivity index (χ1v) is 6.04. The van der Waals surface area contributed by atoms with Crippen molar-refractivity contribution >= 4 is 0 Å². The van der Waals surface area contributed by atoms with Gasteiger partial charge < -0.3 is 4.74 Å². The smallest absolute Gasteiger partial charge is 0.134 e. The van der Waals surface area contributed by atoms with Gasteiger partial charge in [-0.1, -0.05) is 43.2 Å². The van der Waals surface area contributed by atoms with Gasteiger partial charge in [-0.3, -0.25) is 0 Å². The summed E-state index contributed by atoms with van der Waals surface area (Å²) < 4.78 is 5.28. The van der Waals surface area contributed by atoms with Crippen molar-refractivity contribution in [2.45, 2.75) is 32.1 Å². The molecule has 0 radical (unpaired) electrons. The monoisotopic (exact) mass is 214 g/mol. The van der Waals surface area contributed by atoms with Crippen LogP contribution in [0.5, 0.6) is 5.75 Å². The van der Waals surface area contributed by atoms with Gasteiger partial charge in [0.2, 0.25) is 0 Å². The Labute approximate surface area is 97.8 Å². The molecule has 0 spiro atoms. The quantitative estimate of drug-likeness (QED) is 0.649. The van der Waals surface area contributed by atoms with Crippen LogP contribution in [-0.2, 0) is 0 Å². The molecule has 0 saturated heterocycles. The van der Waals surface area contributed by atoms with Crippen LogP contribution in [0, 0.1) is 17.8 Å². The molecule has 0 aliphatic heterocycles. The summed E-state index contributed by atoms with van der Waals surface area (Å²) >= 11 is 0. The van der Waals surface area contributed by atoms with Gasteiger partial charge in [0.15, 0.2) is 0 Å². The fourth-order valence-corrected chi connectivity index (χ4v) is 2.17. The molecule has 16 heavy (non-hydrogen) atoms. The summed E-state index contributed by atoms with van der Waals surface area (Å²) in [6, 6.07) is 7.97. The summed E-state index contributed by atoms with van der Waals surface area (Å²) in [5.74, 6) is 8.12. The fourth-order valence-electron chi connectivity index (χ4n) is 2.17. The molecule has 0 unspecified atom stereocenters. The van der Waals surface area contributed by atoms with Crippen LogP contribution in [0.1, 0.15) is 37.7 Å². The number of para-hydroxylation sites is 1. The zero-order chi connectivity index (χ0) is 11.2. The Balaban J connectivity index is 2.10. The molecule has 1 aromatic carbocycles. The van der Waals surface area contributed by atoms with Crippen molar-refractivity contribution in [1.29, 1.82) is 0 Å². The molecule has 1 fully saturated rings. The number of hydrogen-bond donors (Lipinski definition) is 0. The summed E-state index contributed by atoms with van der Waals surface area (Å²) in [6.45, 7) is 0. The van der Waals surface area contributed by atoms with E-state index in [4.69, 9.17) is 4.74 Å². The van der Waals surface area contributed by atoms with Crippen LogP contribution in [0.4, 0.5) is 0 Å². The molecule has 1 aliphatic rings. The highest BCUT2D eigenvalue weighted by Gasteiger charge is 2.10. The first-order valence-electron chi connectivity index (χ1n) is 6.04. The van der Waals surface area contributed by atoms with Gasteiger partial charge in [-0.25, -0.2) is 0 Å². The molecule has 0 amide bonds. The van der Waals surface area contributed by atoms with E-state index in [1.165, 1.54) is 32.1 Å². The minimum atomic E-state index is 0.596. The maximum absolute atomic E-state index is 5.28. The predicted molar refractivity (Wildman–Crippen MR) is 66.4 cm³/mol. The molecule has 0 aromatic heterocycles. The van der Waals surface area contributed by atoms with E-state index in [-0.39, 0.29) is 0 Å². The standard InChI is InChI=1S/C15H18O/c1-16-15-10-6-5-9-14(15)12-11-13-7-3-2-4-8-13/h5-6,9-10,13H,2-4,7-8H2,1H3. The molecule has 0 bridgehead atoms. The Morgan fingerprint density at radius 3 is 2.62 bits per heavy atom. The highest BCUT2D eigenvalue weighted by molar-refractivity contribution is 5.46. The molecular formula is C15H18O. The lowest BCUT2D eigenvalue weighted by molar-refractivity contribution is 0.413. The molecule has 1 heteroatoms. The Bertz CT molecular complexity index is 391.